The van der Waals surface area contributed by atoms with Crippen LogP contribution in [-0.4, -0.2) is 18.2 Å². The minimum absolute atomic E-state index is 0.551. The second-order valence-corrected chi connectivity index (χ2v) is 2.91. The van der Waals surface area contributed by atoms with Gasteiger partial charge in [-0.3, -0.25) is 4.79 Å². The van der Waals surface area contributed by atoms with Gasteiger partial charge in [-0.2, -0.15) is 0 Å². The van der Waals surface area contributed by atoms with Gasteiger partial charge in [0, 0.05) is 0 Å². The third-order valence-corrected chi connectivity index (χ3v) is 2.06. The number of hydrogen-bond acceptors (Lipinski definition) is 2. The maximum atomic E-state index is 10.5. The Morgan fingerprint density at radius 2 is 2.00 bits per heavy atom. The fourth-order valence-electron chi connectivity index (χ4n) is 0.915. The van der Waals surface area contributed by atoms with Gasteiger partial charge >= 0.3 is 5.97 Å². The Morgan fingerprint density at radius 3 is 2.38 bits per heavy atom. The van der Waals surface area contributed by atoms with E-state index < -0.39 is 11.3 Å². The first kappa shape index (κ1) is 9.86. The van der Waals surface area contributed by atoms with E-state index in [1.807, 2.05) is 0 Å². The fourth-order valence-corrected chi connectivity index (χ4v) is 1.06. The smallest absolute Gasteiger partial charge is 0.326 e. The summed E-state index contributed by atoms with van der Waals surface area (Å²) in [5, 5.41) is 7.60. The Hall–Kier alpha value is -1.22. The molecule has 13 heavy (non-hydrogen) atoms. The zero-order valence-electron chi connectivity index (χ0n) is 7.03. The van der Waals surface area contributed by atoms with Gasteiger partial charge in [-0.1, -0.05) is 12.1 Å². The maximum absolute atomic E-state index is 10.5. The van der Waals surface area contributed by atoms with E-state index >= 15 is 0 Å². The predicted octanol–water partition coefficient (Wildman–Crippen LogP) is 2.06. The molecule has 1 aromatic rings. The van der Waals surface area contributed by atoms with Crippen LogP contribution in [0.15, 0.2) is 24.3 Å². The quantitative estimate of drug-likeness (QED) is 0.760. The summed E-state index contributed by atoms with van der Waals surface area (Å²) in [5.41, 5.74) is 0.551. The number of benzene rings is 1. The molecule has 0 heterocycles. The van der Waals surface area contributed by atoms with Crippen LogP contribution >= 0.6 is 11.6 Å². The van der Waals surface area contributed by atoms with E-state index in [-0.39, 0.29) is 0 Å². The number of ether oxygens (including phenoxy) is 1. The summed E-state index contributed by atoms with van der Waals surface area (Å²) in [6, 6.07) is 6.61. The van der Waals surface area contributed by atoms with E-state index in [1.54, 1.807) is 31.4 Å². The molecule has 1 atom stereocenters. The number of rotatable bonds is 3. The van der Waals surface area contributed by atoms with Crippen LogP contribution in [0.1, 0.15) is 10.9 Å². The number of carboxylic acid groups (broad SMARTS) is 1. The number of aliphatic carboxylic acids is 1. The lowest BCUT2D eigenvalue weighted by Crippen LogP contribution is -2.04. The molecule has 0 aromatic heterocycles. The Morgan fingerprint density at radius 1 is 1.46 bits per heavy atom. The van der Waals surface area contributed by atoms with Crippen molar-refractivity contribution in [2.45, 2.75) is 5.38 Å². The van der Waals surface area contributed by atoms with Crippen LogP contribution < -0.4 is 4.74 Å². The standard InChI is InChI=1S/C9H9ClO3/c1-13-7-4-2-6(3-5-7)8(10)9(11)12/h2-5,8H,1H3,(H,11,12). The van der Waals surface area contributed by atoms with Crippen LogP contribution in [0, 0.1) is 0 Å². The zero-order valence-corrected chi connectivity index (χ0v) is 7.78. The van der Waals surface area contributed by atoms with Gasteiger partial charge in [0.25, 0.3) is 0 Å². The first-order valence-electron chi connectivity index (χ1n) is 3.66. The van der Waals surface area contributed by atoms with Gasteiger partial charge in [0.2, 0.25) is 0 Å². The van der Waals surface area contributed by atoms with Crippen LogP contribution in [0.5, 0.6) is 5.75 Å². The number of hydrogen-bond donors (Lipinski definition) is 1. The van der Waals surface area contributed by atoms with E-state index in [0.29, 0.717) is 11.3 Å². The van der Waals surface area contributed by atoms with Crippen molar-refractivity contribution in [3.8, 4) is 5.75 Å². The van der Waals surface area contributed by atoms with Gasteiger partial charge in [-0.25, -0.2) is 0 Å². The largest absolute Gasteiger partial charge is 0.497 e. The number of methoxy groups -OCH3 is 1. The first-order chi connectivity index (χ1) is 6.15. The Balaban J connectivity index is 2.85. The van der Waals surface area contributed by atoms with Crippen molar-refractivity contribution >= 4 is 17.6 Å². The Bertz CT molecular complexity index is 294. The van der Waals surface area contributed by atoms with Crippen molar-refractivity contribution in [2.24, 2.45) is 0 Å². The van der Waals surface area contributed by atoms with Crippen molar-refractivity contribution < 1.29 is 14.6 Å². The molecule has 1 rings (SSSR count). The lowest BCUT2D eigenvalue weighted by Gasteiger charge is -2.05. The number of carboxylic acids is 1. The monoisotopic (exact) mass is 200 g/mol. The van der Waals surface area contributed by atoms with Crippen molar-refractivity contribution in [2.75, 3.05) is 7.11 Å². The molecule has 3 nitrogen and oxygen atoms in total. The van der Waals surface area contributed by atoms with Crippen LogP contribution in [0.25, 0.3) is 0 Å². The van der Waals surface area contributed by atoms with Crippen molar-refractivity contribution in [3.63, 3.8) is 0 Å². The molecular formula is C9H9ClO3. The molecule has 0 saturated carbocycles. The van der Waals surface area contributed by atoms with E-state index in [9.17, 15) is 4.79 Å². The number of halogens is 1. The third-order valence-electron chi connectivity index (χ3n) is 1.63. The highest BCUT2D eigenvalue weighted by atomic mass is 35.5. The van der Waals surface area contributed by atoms with Gasteiger partial charge in [0.05, 0.1) is 7.11 Å². The lowest BCUT2D eigenvalue weighted by molar-refractivity contribution is -0.136. The van der Waals surface area contributed by atoms with Gasteiger partial charge in [-0.15, -0.1) is 11.6 Å². The summed E-state index contributed by atoms with van der Waals surface area (Å²) in [6.07, 6.45) is 0. The lowest BCUT2D eigenvalue weighted by atomic mass is 10.1. The van der Waals surface area contributed by atoms with E-state index in [4.69, 9.17) is 21.4 Å². The summed E-state index contributed by atoms with van der Waals surface area (Å²) in [5.74, 6) is -0.371. The average molecular weight is 201 g/mol. The molecule has 1 N–H and O–H groups in total. The molecule has 4 heteroatoms. The normalized spacial score (nSPS) is 12.2. The second-order valence-electron chi connectivity index (χ2n) is 2.47. The summed E-state index contributed by atoms with van der Waals surface area (Å²) in [7, 11) is 1.55. The zero-order chi connectivity index (χ0) is 9.84. The van der Waals surface area contributed by atoms with Crippen LogP contribution in [0.4, 0.5) is 0 Å². The molecule has 0 saturated heterocycles. The third kappa shape index (κ3) is 2.36. The average Bonchev–Trinajstić information content (AvgIpc) is 2.17. The molecule has 70 valence electrons. The highest BCUT2D eigenvalue weighted by molar-refractivity contribution is 6.29. The van der Waals surface area contributed by atoms with Crippen LogP contribution in [0.2, 0.25) is 0 Å². The van der Waals surface area contributed by atoms with Crippen LogP contribution in [0.3, 0.4) is 0 Å². The molecule has 1 aromatic carbocycles. The molecule has 1 unspecified atom stereocenters. The number of carbonyl (C=O) groups is 1. The van der Waals surface area contributed by atoms with Gasteiger partial charge in [0.1, 0.15) is 5.75 Å². The van der Waals surface area contributed by atoms with Gasteiger partial charge in [0.15, 0.2) is 5.38 Å². The van der Waals surface area contributed by atoms with E-state index in [0.717, 1.165) is 0 Å². The molecule has 0 spiro atoms. The molecular weight excluding hydrogens is 192 g/mol. The Kier molecular flexibility index (Phi) is 3.14. The fraction of sp³-hybridized carbons (Fsp3) is 0.222. The molecule has 0 radical (unpaired) electrons. The molecule has 0 fully saturated rings. The van der Waals surface area contributed by atoms with Crippen molar-refractivity contribution in [3.05, 3.63) is 29.8 Å². The van der Waals surface area contributed by atoms with Gasteiger partial charge in [-0.05, 0) is 17.7 Å². The Labute approximate surface area is 80.9 Å². The molecule has 0 aliphatic rings. The van der Waals surface area contributed by atoms with Crippen molar-refractivity contribution in [1.29, 1.82) is 0 Å². The van der Waals surface area contributed by atoms with Crippen LogP contribution in [-0.2, 0) is 4.79 Å². The summed E-state index contributed by atoms with van der Waals surface area (Å²) in [6.45, 7) is 0. The summed E-state index contributed by atoms with van der Waals surface area (Å²) >= 11 is 5.60. The predicted molar refractivity (Wildman–Crippen MR) is 49.2 cm³/mol. The first-order valence-corrected chi connectivity index (χ1v) is 4.09. The molecule has 0 aliphatic heterocycles. The van der Waals surface area contributed by atoms with E-state index in [2.05, 4.69) is 0 Å². The minimum atomic E-state index is -1.05. The van der Waals surface area contributed by atoms with E-state index in [1.165, 1.54) is 0 Å². The minimum Gasteiger partial charge on any atom is -0.497 e. The topological polar surface area (TPSA) is 46.5 Å². The maximum Gasteiger partial charge on any atom is 0.326 e. The van der Waals surface area contributed by atoms with Gasteiger partial charge < -0.3 is 9.84 Å². The second kappa shape index (κ2) is 4.14. The molecule has 0 bridgehead atoms. The molecule has 0 amide bonds. The van der Waals surface area contributed by atoms with Crippen molar-refractivity contribution in [1.82, 2.24) is 0 Å². The SMILES string of the molecule is COc1ccc(C(Cl)C(=O)O)cc1. The number of alkyl halides is 1. The summed E-state index contributed by atoms with van der Waals surface area (Å²) < 4.78 is 4.92. The highest BCUT2D eigenvalue weighted by Gasteiger charge is 2.15. The summed E-state index contributed by atoms with van der Waals surface area (Å²) in [4.78, 5) is 10.5. The highest BCUT2D eigenvalue weighted by Crippen LogP contribution is 2.22. The molecule has 0 aliphatic carbocycles.